The molecule has 0 saturated carbocycles. The average molecular weight is 189 g/mol. The lowest BCUT2D eigenvalue weighted by atomic mass is 9.98. The van der Waals surface area contributed by atoms with Gasteiger partial charge in [0, 0.05) is 18.3 Å². The maximum absolute atomic E-state index is 11.3. The highest BCUT2D eigenvalue weighted by molar-refractivity contribution is 5.87. The van der Waals surface area contributed by atoms with E-state index in [2.05, 4.69) is 5.32 Å². The standard InChI is InChI=1S/C10H11N3O/c1-13-10(14)8(6-11)7-4-2-3-5-9(7)12/h2-5,8H,12H2,1H3,(H,13,14). The van der Waals surface area contributed by atoms with E-state index in [4.69, 9.17) is 11.0 Å². The number of carbonyl (C=O) groups is 1. The number of anilines is 1. The first-order valence-corrected chi connectivity index (χ1v) is 4.16. The van der Waals surface area contributed by atoms with Gasteiger partial charge in [-0.25, -0.2) is 0 Å². The molecule has 1 aromatic rings. The van der Waals surface area contributed by atoms with Gasteiger partial charge in [0.2, 0.25) is 5.91 Å². The number of nitrogens with one attached hydrogen (secondary N) is 1. The Balaban J connectivity index is 3.09. The van der Waals surface area contributed by atoms with Crippen LogP contribution in [0.1, 0.15) is 11.5 Å². The highest BCUT2D eigenvalue weighted by Crippen LogP contribution is 2.21. The molecule has 0 fully saturated rings. The van der Waals surface area contributed by atoms with Crippen molar-refractivity contribution in [2.45, 2.75) is 5.92 Å². The van der Waals surface area contributed by atoms with E-state index in [1.54, 1.807) is 24.3 Å². The van der Waals surface area contributed by atoms with Gasteiger partial charge in [-0.3, -0.25) is 4.79 Å². The van der Waals surface area contributed by atoms with Crippen LogP contribution in [0.15, 0.2) is 24.3 Å². The number of para-hydroxylation sites is 1. The van der Waals surface area contributed by atoms with E-state index in [1.807, 2.05) is 6.07 Å². The fourth-order valence-corrected chi connectivity index (χ4v) is 1.19. The normalized spacial score (nSPS) is 11.4. The molecule has 3 N–H and O–H groups in total. The molecular weight excluding hydrogens is 178 g/mol. The Bertz CT molecular complexity index is 381. The first-order valence-electron chi connectivity index (χ1n) is 4.16. The molecule has 0 heterocycles. The van der Waals surface area contributed by atoms with Gasteiger partial charge in [-0.2, -0.15) is 5.26 Å². The van der Waals surface area contributed by atoms with Crippen molar-refractivity contribution in [1.29, 1.82) is 5.26 Å². The number of nitrogen functional groups attached to an aromatic ring is 1. The molecule has 0 bridgehead atoms. The zero-order valence-electron chi connectivity index (χ0n) is 7.82. The van der Waals surface area contributed by atoms with E-state index in [1.165, 1.54) is 7.05 Å². The van der Waals surface area contributed by atoms with Crippen LogP contribution < -0.4 is 11.1 Å². The summed E-state index contributed by atoms with van der Waals surface area (Å²) in [5.74, 6) is -1.17. The topological polar surface area (TPSA) is 78.9 Å². The van der Waals surface area contributed by atoms with Crippen molar-refractivity contribution >= 4 is 11.6 Å². The molecule has 0 saturated heterocycles. The van der Waals surface area contributed by atoms with Gasteiger partial charge in [0.05, 0.1) is 6.07 Å². The molecule has 1 aromatic carbocycles. The Hall–Kier alpha value is -2.02. The summed E-state index contributed by atoms with van der Waals surface area (Å²) in [5.41, 5.74) is 6.67. The lowest BCUT2D eigenvalue weighted by molar-refractivity contribution is -0.120. The molecular formula is C10H11N3O. The number of hydrogen-bond acceptors (Lipinski definition) is 3. The summed E-state index contributed by atoms with van der Waals surface area (Å²) < 4.78 is 0. The Morgan fingerprint density at radius 1 is 1.57 bits per heavy atom. The SMILES string of the molecule is CNC(=O)C(C#N)c1ccccc1N. The third kappa shape index (κ3) is 1.83. The minimum atomic E-state index is -0.832. The molecule has 4 nitrogen and oxygen atoms in total. The van der Waals surface area contributed by atoms with Crippen LogP contribution in [0, 0.1) is 11.3 Å². The number of hydrogen-bond donors (Lipinski definition) is 2. The van der Waals surface area contributed by atoms with Gasteiger partial charge >= 0.3 is 0 Å². The van der Waals surface area contributed by atoms with E-state index < -0.39 is 5.92 Å². The second-order valence-corrected chi connectivity index (χ2v) is 2.81. The summed E-state index contributed by atoms with van der Waals surface area (Å²) in [4.78, 5) is 11.3. The molecule has 0 radical (unpaired) electrons. The van der Waals surface area contributed by atoms with Crippen molar-refractivity contribution < 1.29 is 4.79 Å². The lowest BCUT2D eigenvalue weighted by Crippen LogP contribution is -2.25. The van der Waals surface area contributed by atoms with Gasteiger partial charge in [0.25, 0.3) is 0 Å². The van der Waals surface area contributed by atoms with Crippen molar-refractivity contribution in [3.63, 3.8) is 0 Å². The molecule has 0 aliphatic rings. The molecule has 1 unspecified atom stereocenters. The average Bonchev–Trinajstić information content (AvgIpc) is 2.21. The predicted molar refractivity (Wildman–Crippen MR) is 53.3 cm³/mol. The fourth-order valence-electron chi connectivity index (χ4n) is 1.19. The molecule has 4 heteroatoms. The van der Waals surface area contributed by atoms with E-state index in [0.29, 0.717) is 11.3 Å². The van der Waals surface area contributed by atoms with Crippen LogP contribution in [0.4, 0.5) is 5.69 Å². The van der Waals surface area contributed by atoms with Crippen LogP contribution in [0.2, 0.25) is 0 Å². The smallest absolute Gasteiger partial charge is 0.241 e. The zero-order valence-corrected chi connectivity index (χ0v) is 7.82. The molecule has 0 spiro atoms. The Kier molecular flexibility index (Phi) is 3.08. The first kappa shape index (κ1) is 10.1. The van der Waals surface area contributed by atoms with Crippen molar-refractivity contribution in [1.82, 2.24) is 5.32 Å². The summed E-state index contributed by atoms with van der Waals surface area (Å²) in [6, 6.07) is 8.78. The molecule has 0 aromatic heterocycles. The van der Waals surface area contributed by atoms with Crippen molar-refractivity contribution in [3.05, 3.63) is 29.8 Å². The van der Waals surface area contributed by atoms with Gasteiger partial charge in [-0.1, -0.05) is 18.2 Å². The highest BCUT2D eigenvalue weighted by Gasteiger charge is 2.20. The number of nitriles is 1. The molecule has 72 valence electrons. The van der Waals surface area contributed by atoms with Crippen molar-refractivity contribution in [2.24, 2.45) is 0 Å². The zero-order chi connectivity index (χ0) is 10.6. The molecule has 14 heavy (non-hydrogen) atoms. The lowest BCUT2D eigenvalue weighted by Gasteiger charge is -2.09. The molecule has 1 amide bonds. The maximum Gasteiger partial charge on any atom is 0.241 e. The highest BCUT2D eigenvalue weighted by atomic mass is 16.1. The predicted octanol–water partition coefficient (Wildman–Crippen LogP) is 0.622. The quantitative estimate of drug-likeness (QED) is 0.669. The van der Waals surface area contributed by atoms with Crippen molar-refractivity contribution in [3.8, 4) is 6.07 Å². The summed E-state index contributed by atoms with van der Waals surface area (Å²) >= 11 is 0. The Labute approximate surface area is 82.3 Å². The van der Waals surface area contributed by atoms with Crippen LogP contribution in [-0.4, -0.2) is 13.0 Å². The van der Waals surface area contributed by atoms with Gasteiger partial charge in [-0.15, -0.1) is 0 Å². The Morgan fingerprint density at radius 2 is 2.21 bits per heavy atom. The number of likely N-dealkylation sites (N-methyl/N-ethyl adjacent to an activating group) is 1. The van der Waals surface area contributed by atoms with Gasteiger partial charge in [0.1, 0.15) is 0 Å². The van der Waals surface area contributed by atoms with Crippen molar-refractivity contribution in [2.75, 3.05) is 12.8 Å². The van der Waals surface area contributed by atoms with Gasteiger partial charge in [0.15, 0.2) is 5.92 Å². The number of nitrogens with two attached hydrogens (primary N) is 1. The number of amides is 1. The first-order chi connectivity index (χ1) is 6.70. The second-order valence-electron chi connectivity index (χ2n) is 2.81. The largest absolute Gasteiger partial charge is 0.398 e. The van der Waals surface area contributed by atoms with Gasteiger partial charge < -0.3 is 11.1 Å². The third-order valence-corrected chi connectivity index (χ3v) is 1.94. The summed E-state index contributed by atoms with van der Waals surface area (Å²) in [5, 5.41) is 11.3. The van der Waals surface area contributed by atoms with Crippen LogP contribution in [0.3, 0.4) is 0 Å². The summed E-state index contributed by atoms with van der Waals surface area (Å²) in [7, 11) is 1.49. The maximum atomic E-state index is 11.3. The summed E-state index contributed by atoms with van der Waals surface area (Å²) in [6.07, 6.45) is 0. The van der Waals surface area contributed by atoms with E-state index >= 15 is 0 Å². The van der Waals surface area contributed by atoms with Gasteiger partial charge in [-0.05, 0) is 6.07 Å². The number of rotatable bonds is 2. The van der Waals surface area contributed by atoms with Crippen LogP contribution in [-0.2, 0) is 4.79 Å². The monoisotopic (exact) mass is 189 g/mol. The molecule has 0 aliphatic carbocycles. The molecule has 1 atom stereocenters. The summed E-state index contributed by atoms with van der Waals surface area (Å²) in [6.45, 7) is 0. The number of carbonyl (C=O) groups excluding carboxylic acids is 1. The molecule has 1 rings (SSSR count). The van der Waals surface area contributed by atoms with E-state index in [0.717, 1.165) is 0 Å². The third-order valence-electron chi connectivity index (χ3n) is 1.94. The minimum Gasteiger partial charge on any atom is -0.398 e. The van der Waals surface area contributed by atoms with E-state index in [9.17, 15) is 4.79 Å². The minimum absolute atomic E-state index is 0.342. The number of benzene rings is 1. The van der Waals surface area contributed by atoms with Crippen LogP contribution >= 0.6 is 0 Å². The second kappa shape index (κ2) is 4.28. The fraction of sp³-hybridized carbons (Fsp3) is 0.200. The number of nitrogens with zero attached hydrogens (tertiary/aromatic N) is 1. The molecule has 0 aliphatic heterocycles. The van der Waals surface area contributed by atoms with Crippen LogP contribution in [0.25, 0.3) is 0 Å². The van der Waals surface area contributed by atoms with E-state index in [-0.39, 0.29) is 5.91 Å². The van der Waals surface area contributed by atoms with Crippen LogP contribution in [0.5, 0.6) is 0 Å². The Morgan fingerprint density at radius 3 is 2.71 bits per heavy atom.